The molecule has 3 nitrogen and oxygen atoms in total. The monoisotopic (exact) mass is 264 g/mol. The predicted molar refractivity (Wildman–Crippen MR) is 71.3 cm³/mol. The minimum Gasteiger partial charge on any atom is -0.380 e. The maximum atomic E-state index is 13.3. The Morgan fingerprint density at radius 1 is 1.50 bits per heavy atom. The van der Waals surface area contributed by atoms with Gasteiger partial charge in [-0.15, -0.1) is 11.3 Å². The van der Waals surface area contributed by atoms with Crippen molar-refractivity contribution in [3.8, 4) is 0 Å². The van der Waals surface area contributed by atoms with E-state index in [0.717, 1.165) is 10.6 Å². The Hall–Kier alpha value is -1.88. The van der Waals surface area contributed by atoms with E-state index in [4.69, 9.17) is 5.73 Å². The number of hydrogen-bond acceptors (Lipinski definition) is 3. The van der Waals surface area contributed by atoms with Crippen molar-refractivity contribution >= 4 is 22.9 Å². The number of thiophene rings is 1. The van der Waals surface area contributed by atoms with Gasteiger partial charge in [0.15, 0.2) is 0 Å². The van der Waals surface area contributed by atoms with E-state index < -0.39 is 5.91 Å². The van der Waals surface area contributed by atoms with Crippen molar-refractivity contribution in [2.45, 2.75) is 13.5 Å². The Bertz CT molecular complexity index is 580. The third kappa shape index (κ3) is 2.68. The van der Waals surface area contributed by atoms with Crippen LogP contribution in [-0.2, 0) is 6.54 Å². The van der Waals surface area contributed by atoms with Gasteiger partial charge in [-0.3, -0.25) is 4.79 Å². The molecule has 1 aromatic heterocycles. The van der Waals surface area contributed by atoms with Crippen molar-refractivity contribution in [3.05, 3.63) is 51.5 Å². The van der Waals surface area contributed by atoms with Crippen molar-refractivity contribution in [1.82, 2.24) is 0 Å². The molecule has 1 amide bonds. The molecule has 2 aromatic rings. The van der Waals surface area contributed by atoms with E-state index in [-0.39, 0.29) is 5.82 Å². The van der Waals surface area contributed by atoms with E-state index in [1.54, 1.807) is 24.4 Å². The SMILES string of the molecule is Cc1c(F)cccc1NCc1cc(C(N)=O)cs1. The van der Waals surface area contributed by atoms with Gasteiger partial charge in [-0.25, -0.2) is 4.39 Å². The van der Waals surface area contributed by atoms with Crippen LogP contribution >= 0.6 is 11.3 Å². The van der Waals surface area contributed by atoms with Crippen molar-refractivity contribution in [2.24, 2.45) is 5.73 Å². The molecule has 0 aliphatic heterocycles. The Balaban J connectivity index is 2.07. The minimum absolute atomic E-state index is 0.232. The Labute approximate surface area is 108 Å². The fraction of sp³-hybridized carbons (Fsp3) is 0.154. The number of primary amides is 1. The van der Waals surface area contributed by atoms with Crippen LogP contribution in [-0.4, -0.2) is 5.91 Å². The summed E-state index contributed by atoms with van der Waals surface area (Å²) >= 11 is 1.45. The fourth-order valence-corrected chi connectivity index (χ4v) is 2.40. The second kappa shape index (κ2) is 5.18. The summed E-state index contributed by atoms with van der Waals surface area (Å²) < 4.78 is 13.3. The van der Waals surface area contributed by atoms with Gasteiger partial charge < -0.3 is 11.1 Å². The molecule has 2 rings (SSSR count). The van der Waals surface area contributed by atoms with Gasteiger partial charge in [0, 0.05) is 28.1 Å². The van der Waals surface area contributed by atoms with Gasteiger partial charge in [0.1, 0.15) is 5.82 Å². The summed E-state index contributed by atoms with van der Waals surface area (Å²) in [5, 5.41) is 4.86. The summed E-state index contributed by atoms with van der Waals surface area (Å²) in [6, 6.07) is 6.65. The van der Waals surface area contributed by atoms with Crippen LogP contribution in [0.3, 0.4) is 0 Å². The van der Waals surface area contributed by atoms with Crippen molar-refractivity contribution in [2.75, 3.05) is 5.32 Å². The van der Waals surface area contributed by atoms with Crippen LogP contribution in [0.2, 0.25) is 0 Å². The average molecular weight is 264 g/mol. The number of hydrogen-bond donors (Lipinski definition) is 2. The molecule has 0 aliphatic rings. The number of halogens is 1. The normalized spacial score (nSPS) is 10.3. The first-order valence-corrected chi connectivity index (χ1v) is 6.32. The first-order valence-electron chi connectivity index (χ1n) is 5.44. The van der Waals surface area contributed by atoms with Crippen LogP contribution in [0.15, 0.2) is 29.6 Å². The van der Waals surface area contributed by atoms with Gasteiger partial charge in [-0.05, 0) is 25.1 Å². The molecular formula is C13H13FN2OS. The lowest BCUT2D eigenvalue weighted by Gasteiger charge is -2.08. The fourth-order valence-electron chi connectivity index (χ4n) is 1.58. The van der Waals surface area contributed by atoms with Crippen molar-refractivity contribution in [3.63, 3.8) is 0 Å². The highest BCUT2D eigenvalue weighted by molar-refractivity contribution is 7.10. The van der Waals surface area contributed by atoms with E-state index in [1.807, 2.05) is 6.07 Å². The molecule has 94 valence electrons. The molecule has 0 aliphatic carbocycles. The van der Waals surface area contributed by atoms with Crippen LogP contribution in [0.5, 0.6) is 0 Å². The molecule has 0 atom stereocenters. The third-order valence-corrected chi connectivity index (χ3v) is 3.60. The second-order valence-electron chi connectivity index (χ2n) is 3.93. The number of nitrogens with two attached hydrogens (primary N) is 1. The lowest BCUT2D eigenvalue weighted by molar-refractivity contribution is 0.100. The van der Waals surface area contributed by atoms with E-state index in [1.165, 1.54) is 17.4 Å². The largest absolute Gasteiger partial charge is 0.380 e. The summed E-state index contributed by atoms with van der Waals surface area (Å²) in [5.41, 5.74) is 7.02. The molecule has 3 N–H and O–H groups in total. The van der Waals surface area contributed by atoms with E-state index in [9.17, 15) is 9.18 Å². The molecule has 5 heteroatoms. The van der Waals surface area contributed by atoms with E-state index >= 15 is 0 Å². The Morgan fingerprint density at radius 2 is 2.28 bits per heavy atom. The van der Waals surface area contributed by atoms with Gasteiger partial charge >= 0.3 is 0 Å². The van der Waals surface area contributed by atoms with Crippen LogP contribution in [0.4, 0.5) is 10.1 Å². The zero-order chi connectivity index (χ0) is 13.1. The smallest absolute Gasteiger partial charge is 0.249 e. The maximum Gasteiger partial charge on any atom is 0.249 e. The van der Waals surface area contributed by atoms with E-state index in [2.05, 4.69) is 5.32 Å². The third-order valence-electron chi connectivity index (χ3n) is 2.66. The molecule has 1 heterocycles. The molecule has 0 unspecified atom stereocenters. The molecule has 0 saturated carbocycles. The highest BCUT2D eigenvalue weighted by Gasteiger charge is 2.06. The van der Waals surface area contributed by atoms with Crippen molar-refractivity contribution in [1.29, 1.82) is 0 Å². The number of anilines is 1. The summed E-state index contributed by atoms with van der Waals surface area (Å²) in [4.78, 5) is 11.9. The maximum absolute atomic E-state index is 13.3. The molecule has 0 spiro atoms. The lowest BCUT2D eigenvalue weighted by atomic mass is 10.2. The number of nitrogens with one attached hydrogen (secondary N) is 1. The lowest BCUT2D eigenvalue weighted by Crippen LogP contribution is -2.09. The highest BCUT2D eigenvalue weighted by Crippen LogP contribution is 2.20. The zero-order valence-corrected chi connectivity index (χ0v) is 10.7. The van der Waals surface area contributed by atoms with Crippen LogP contribution in [0, 0.1) is 12.7 Å². The first kappa shape index (κ1) is 12.6. The highest BCUT2D eigenvalue weighted by atomic mass is 32.1. The molecule has 0 saturated heterocycles. The van der Waals surface area contributed by atoms with Gasteiger partial charge in [0.25, 0.3) is 0 Å². The Morgan fingerprint density at radius 3 is 2.94 bits per heavy atom. The van der Waals surface area contributed by atoms with Gasteiger partial charge in [-0.2, -0.15) is 0 Å². The topological polar surface area (TPSA) is 55.1 Å². The van der Waals surface area contributed by atoms with E-state index in [0.29, 0.717) is 17.7 Å². The van der Waals surface area contributed by atoms with Gasteiger partial charge in [-0.1, -0.05) is 6.07 Å². The molecular weight excluding hydrogens is 251 g/mol. The second-order valence-corrected chi connectivity index (χ2v) is 4.93. The van der Waals surface area contributed by atoms with Gasteiger partial charge in [0.05, 0.1) is 5.56 Å². The summed E-state index contributed by atoms with van der Waals surface area (Å²) in [5.74, 6) is -0.663. The Kier molecular flexibility index (Phi) is 3.62. The quantitative estimate of drug-likeness (QED) is 0.892. The number of carbonyl (C=O) groups is 1. The standard InChI is InChI=1S/C13H13FN2OS/c1-8-11(14)3-2-4-12(8)16-6-10-5-9(7-18-10)13(15)17/h2-5,7,16H,6H2,1H3,(H2,15,17). The molecule has 0 bridgehead atoms. The average Bonchev–Trinajstić information content (AvgIpc) is 2.80. The van der Waals surface area contributed by atoms with Crippen LogP contribution in [0.1, 0.15) is 20.8 Å². The van der Waals surface area contributed by atoms with Gasteiger partial charge in [0.2, 0.25) is 5.91 Å². The molecule has 18 heavy (non-hydrogen) atoms. The molecule has 0 radical (unpaired) electrons. The predicted octanol–water partition coefficient (Wildman–Crippen LogP) is 2.91. The summed E-state index contributed by atoms with van der Waals surface area (Å²) in [6.07, 6.45) is 0. The summed E-state index contributed by atoms with van der Waals surface area (Å²) in [6.45, 7) is 2.27. The minimum atomic E-state index is -0.431. The number of benzene rings is 1. The van der Waals surface area contributed by atoms with Crippen LogP contribution in [0.25, 0.3) is 0 Å². The zero-order valence-electron chi connectivity index (χ0n) is 9.87. The number of amides is 1. The van der Waals surface area contributed by atoms with Crippen molar-refractivity contribution < 1.29 is 9.18 Å². The molecule has 0 fully saturated rings. The number of rotatable bonds is 4. The van der Waals surface area contributed by atoms with Crippen LogP contribution < -0.4 is 11.1 Å². The first-order chi connectivity index (χ1) is 8.58. The molecule has 1 aromatic carbocycles. The number of carbonyl (C=O) groups excluding carboxylic acids is 1. The summed E-state index contributed by atoms with van der Waals surface area (Å²) in [7, 11) is 0.